The number of esters is 1. The van der Waals surface area contributed by atoms with Gasteiger partial charge in [-0.1, -0.05) is 0 Å². The van der Waals surface area contributed by atoms with Crippen LogP contribution >= 0.6 is 0 Å². The van der Waals surface area contributed by atoms with Crippen molar-refractivity contribution in [1.82, 2.24) is 0 Å². The third-order valence-electron chi connectivity index (χ3n) is 1.84. The Bertz CT molecular complexity index is 522. The molecule has 0 spiro atoms. The van der Waals surface area contributed by atoms with Crippen molar-refractivity contribution in [3.05, 3.63) is 23.8 Å². The van der Waals surface area contributed by atoms with Gasteiger partial charge in [0.1, 0.15) is 0 Å². The van der Waals surface area contributed by atoms with E-state index in [9.17, 15) is 13.2 Å². The molecule has 80 valence electrons. The van der Waals surface area contributed by atoms with Crippen molar-refractivity contribution in [2.75, 3.05) is 11.8 Å². The maximum absolute atomic E-state index is 11.1. The Kier molecular flexibility index (Phi) is 2.04. The van der Waals surface area contributed by atoms with E-state index in [0.717, 1.165) is 0 Å². The summed E-state index contributed by atoms with van der Waals surface area (Å²) < 4.78 is 33.2. The molecule has 0 radical (unpaired) electrons. The van der Waals surface area contributed by atoms with Crippen LogP contribution in [0.1, 0.15) is 10.4 Å². The van der Waals surface area contributed by atoms with Crippen LogP contribution in [0.25, 0.3) is 0 Å². The Morgan fingerprint density at radius 1 is 1.47 bits per heavy atom. The van der Waals surface area contributed by atoms with E-state index in [1.165, 1.54) is 25.3 Å². The van der Waals surface area contributed by atoms with Crippen LogP contribution in [0.5, 0.6) is 5.75 Å². The number of methoxy groups -OCH3 is 1. The van der Waals surface area contributed by atoms with E-state index in [4.69, 9.17) is 0 Å². The monoisotopic (exact) mass is 229 g/mol. The van der Waals surface area contributed by atoms with Gasteiger partial charge in [0.05, 0.1) is 18.4 Å². The average Bonchev–Trinajstić information content (AvgIpc) is 2.49. The molecular weight excluding hydrogens is 222 g/mol. The second-order valence-electron chi connectivity index (χ2n) is 2.84. The minimum Gasteiger partial charge on any atom is -0.465 e. The van der Waals surface area contributed by atoms with Crippen molar-refractivity contribution in [3.8, 4) is 5.75 Å². The van der Waals surface area contributed by atoms with Gasteiger partial charge in [-0.2, -0.15) is 8.42 Å². The summed E-state index contributed by atoms with van der Waals surface area (Å²) in [5.41, 5.74) is 0.540. The van der Waals surface area contributed by atoms with Crippen LogP contribution in [0.15, 0.2) is 18.2 Å². The summed E-state index contributed by atoms with van der Waals surface area (Å²) in [5.74, 6) is -0.455. The largest absolute Gasteiger partial charge is 0.465 e. The Morgan fingerprint density at radius 3 is 2.87 bits per heavy atom. The summed E-state index contributed by atoms with van der Waals surface area (Å²) in [5, 5.41) is 0. The maximum Gasteiger partial charge on any atom is 0.407 e. The van der Waals surface area contributed by atoms with Gasteiger partial charge < -0.3 is 8.92 Å². The SMILES string of the molecule is COC(=O)c1ccc2c(c1)OS(=O)(=O)N2. The fraction of sp³-hybridized carbons (Fsp3) is 0.125. The van der Waals surface area contributed by atoms with Crippen LogP contribution < -0.4 is 8.91 Å². The molecule has 1 heterocycles. The third kappa shape index (κ3) is 1.73. The summed E-state index contributed by atoms with van der Waals surface area (Å²) in [6.07, 6.45) is 0. The van der Waals surface area contributed by atoms with Crippen molar-refractivity contribution in [1.29, 1.82) is 0 Å². The third-order valence-corrected chi connectivity index (χ3v) is 2.71. The van der Waals surface area contributed by atoms with E-state index in [1.54, 1.807) is 0 Å². The van der Waals surface area contributed by atoms with Crippen molar-refractivity contribution < 1.29 is 22.1 Å². The smallest absolute Gasteiger partial charge is 0.407 e. The van der Waals surface area contributed by atoms with Crippen LogP contribution in [-0.2, 0) is 15.0 Å². The molecule has 2 rings (SSSR count). The first-order valence-corrected chi connectivity index (χ1v) is 5.37. The summed E-state index contributed by atoms with van der Waals surface area (Å²) >= 11 is 0. The highest BCUT2D eigenvalue weighted by molar-refractivity contribution is 7.88. The lowest BCUT2D eigenvalue weighted by Crippen LogP contribution is -2.10. The van der Waals surface area contributed by atoms with E-state index in [-0.39, 0.29) is 11.3 Å². The van der Waals surface area contributed by atoms with Gasteiger partial charge in [0.2, 0.25) is 0 Å². The van der Waals surface area contributed by atoms with Crippen LogP contribution in [-0.4, -0.2) is 21.5 Å². The fourth-order valence-electron chi connectivity index (χ4n) is 1.19. The maximum atomic E-state index is 11.1. The quantitative estimate of drug-likeness (QED) is 0.710. The molecule has 0 aliphatic carbocycles. The predicted octanol–water partition coefficient (Wildman–Crippen LogP) is 0.522. The molecule has 1 N–H and O–H groups in total. The van der Waals surface area contributed by atoms with Gasteiger partial charge >= 0.3 is 16.3 Å². The number of anilines is 1. The number of hydrogen-bond acceptors (Lipinski definition) is 5. The molecule has 0 fully saturated rings. The summed E-state index contributed by atoms with van der Waals surface area (Å²) in [6.45, 7) is 0. The van der Waals surface area contributed by atoms with E-state index in [0.29, 0.717) is 5.69 Å². The summed E-state index contributed by atoms with van der Waals surface area (Å²) in [4.78, 5) is 11.1. The molecule has 7 heteroatoms. The number of carbonyl (C=O) groups is 1. The topological polar surface area (TPSA) is 81.7 Å². The molecule has 15 heavy (non-hydrogen) atoms. The highest BCUT2D eigenvalue weighted by Gasteiger charge is 2.26. The highest BCUT2D eigenvalue weighted by atomic mass is 32.2. The first kappa shape index (κ1) is 9.78. The van der Waals surface area contributed by atoms with Crippen LogP contribution in [0, 0.1) is 0 Å². The van der Waals surface area contributed by atoms with Gasteiger partial charge in [-0.3, -0.25) is 0 Å². The van der Waals surface area contributed by atoms with Gasteiger partial charge in [0.25, 0.3) is 0 Å². The molecule has 0 unspecified atom stereocenters. The predicted molar refractivity (Wildman–Crippen MR) is 51.0 cm³/mol. The Labute approximate surface area is 86.1 Å². The number of hydrogen-bond donors (Lipinski definition) is 1. The van der Waals surface area contributed by atoms with E-state index >= 15 is 0 Å². The normalized spacial score (nSPS) is 16.1. The molecule has 1 aromatic carbocycles. The number of fused-ring (bicyclic) bond motifs is 1. The van der Waals surface area contributed by atoms with E-state index in [2.05, 4.69) is 13.6 Å². The van der Waals surface area contributed by atoms with Gasteiger partial charge in [-0.15, -0.1) is 0 Å². The van der Waals surface area contributed by atoms with Crippen molar-refractivity contribution in [2.24, 2.45) is 0 Å². The zero-order chi connectivity index (χ0) is 11.1. The lowest BCUT2D eigenvalue weighted by Gasteiger charge is -1.99. The first-order valence-electron chi connectivity index (χ1n) is 3.96. The van der Waals surface area contributed by atoms with E-state index in [1.807, 2.05) is 0 Å². The highest BCUT2D eigenvalue weighted by Crippen LogP contribution is 2.33. The molecule has 0 atom stereocenters. The van der Waals surface area contributed by atoms with Crippen LogP contribution in [0.2, 0.25) is 0 Å². The number of nitrogens with one attached hydrogen (secondary N) is 1. The lowest BCUT2D eigenvalue weighted by molar-refractivity contribution is 0.0600. The molecule has 0 aromatic heterocycles. The molecular formula is C8H7NO5S. The molecule has 6 nitrogen and oxygen atoms in total. The molecule has 0 amide bonds. The zero-order valence-corrected chi connectivity index (χ0v) is 8.50. The number of carbonyl (C=O) groups excluding carboxylic acids is 1. The lowest BCUT2D eigenvalue weighted by atomic mass is 10.2. The summed E-state index contributed by atoms with van der Waals surface area (Å²) in [6, 6.07) is 4.19. The molecule has 1 aliphatic rings. The molecule has 1 aliphatic heterocycles. The second-order valence-corrected chi connectivity index (χ2v) is 4.12. The van der Waals surface area contributed by atoms with Crippen molar-refractivity contribution >= 4 is 22.0 Å². The minimum absolute atomic E-state index is 0.0953. The molecule has 1 aromatic rings. The van der Waals surface area contributed by atoms with Crippen LogP contribution in [0.4, 0.5) is 5.69 Å². The Balaban J connectivity index is 2.43. The van der Waals surface area contributed by atoms with E-state index < -0.39 is 16.3 Å². The van der Waals surface area contributed by atoms with Crippen molar-refractivity contribution in [3.63, 3.8) is 0 Å². The van der Waals surface area contributed by atoms with Gasteiger partial charge in [-0.05, 0) is 18.2 Å². The van der Waals surface area contributed by atoms with Gasteiger partial charge in [0, 0.05) is 0 Å². The Hall–Kier alpha value is -1.76. The minimum atomic E-state index is -3.76. The van der Waals surface area contributed by atoms with Gasteiger partial charge in [0.15, 0.2) is 5.75 Å². The van der Waals surface area contributed by atoms with Gasteiger partial charge in [-0.25, -0.2) is 9.52 Å². The second kappa shape index (κ2) is 3.13. The van der Waals surface area contributed by atoms with Crippen LogP contribution in [0.3, 0.4) is 0 Å². The zero-order valence-electron chi connectivity index (χ0n) is 7.68. The molecule has 0 saturated carbocycles. The number of benzene rings is 1. The summed E-state index contributed by atoms with van der Waals surface area (Å²) in [7, 11) is -2.52. The molecule has 0 saturated heterocycles. The standard InChI is InChI=1S/C8H7NO5S/c1-13-8(10)5-2-3-6-7(4-5)14-15(11,12)9-6/h2-4,9H,1H3. The Morgan fingerprint density at radius 2 is 2.20 bits per heavy atom. The number of rotatable bonds is 1. The average molecular weight is 229 g/mol. The van der Waals surface area contributed by atoms with Crippen molar-refractivity contribution in [2.45, 2.75) is 0 Å². The number of ether oxygens (including phenoxy) is 1. The first-order chi connectivity index (χ1) is 7.02. The molecule has 0 bridgehead atoms. The fourth-order valence-corrected chi connectivity index (χ4v) is 2.05.